The molecule has 37 heavy (non-hydrogen) atoms. The summed E-state index contributed by atoms with van der Waals surface area (Å²) in [4.78, 5) is 22.3. The Hall–Kier alpha value is -3.91. The van der Waals surface area contributed by atoms with Crippen molar-refractivity contribution in [2.24, 2.45) is 0 Å². The van der Waals surface area contributed by atoms with Gasteiger partial charge in [-0.1, -0.05) is 19.1 Å². The van der Waals surface area contributed by atoms with Crippen molar-refractivity contribution in [3.63, 3.8) is 0 Å². The molecule has 0 aliphatic heterocycles. The number of hydrogen-bond donors (Lipinski definition) is 1. The fraction of sp³-hybridized carbons (Fsp3) is 0.276. The van der Waals surface area contributed by atoms with Crippen molar-refractivity contribution in [2.75, 3.05) is 20.8 Å². The van der Waals surface area contributed by atoms with Gasteiger partial charge in [0, 0.05) is 41.6 Å². The number of rotatable bonds is 11. The number of thiazole rings is 1. The number of methoxy groups -OCH3 is 2. The van der Waals surface area contributed by atoms with Crippen molar-refractivity contribution in [3.8, 4) is 33.5 Å². The Labute approximate surface area is 221 Å². The molecule has 3 aromatic heterocycles. The van der Waals surface area contributed by atoms with Gasteiger partial charge in [-0.15, -0.1) is 17.9 Å². The average molecular weight is 517 g/mol. The molecule has 192 valence electrons. The third kappa shape index (κ3) is 5.75. The number of aryl methyl sites for hydroxylation is 2. The van der Waals surface area contributed by atoms with Gasteiger partial charge in [-0.2, -0.15) is 0 Å². The predicted molar refractivity (Wildman–Crippen MR) is 149 cm³/mol. The summed E-state index contributed by atoms with van der Waals surface area (Å²) in [6.45, 7) is 8.85. The quantitative estimate of drug-likeness (QED) is 0.258. The highest BCUT2D eigenvalue weighted by Crippen LogP contribution is 2.33. The van der Waals surface area contributed by atoms with Crippen molar-refractivity contribution in [1.82, 2.24) is 19.9 Å². The minimum absolute atomic E-state index is 0.124. The molecule has 1 aromatic carbocycles. The average Bonchev–Trinajstić information content (AvgIpc) is 3.55. The van der Waals surface area contributed by atoms with Gasteiger partial charge in [-0.3, -0.25) is 9.78 Å². The Kier molecular flexibility index (Phi) is 8.40. The van der Waals surface area contributed by atoms with Crippen LogP contribution in [-0.4, -0.2) is 41.2 Å². The lowest BCUT2D eigenvalue weighted by Gasteiger charge is -2.13. The first kappa shape index (κ1) is 26.2. The van der Waals surface area contributed by atoms with Crippen molar-refractivity contribution < 1.29 is 14.3 Å². The standard InChI is InChI=1S/C29H32N4O3S/c1-6-12-31-28(34)23-17-25(24-18-37-29(32-24)21-10-13-30-22(7-2)16-21)33(19(23)3)14-11-20-8-9-26(35-4)27(15-20)36-5/h6,8-10,13,15-18H,1,7,11-12,14H2,2-5H3,(H,31,34). The largest absolute Gasteiger partial charge is 0.493 e. The highest BCUT2D eigenvalue weighted by atomic mass is 32.1. The van der Waals surface area contributed by atoms with Gasteiger partial charge in [-0.25, -0.2) is 4.98 Å². The summed E-state index contributed by atoms with van der Waals surface area (Å²) < 4.78 is 13.0. The Morgan fingerprint density at radius 2 is 1.97 bits per heavy atom. The number of pyridine rings is 1. The van der Waals surface area contributed by atoms with E-state index in [1.54, 1.807) is 31.6 Å². The number of benzene rings is 1. The summed E-state index contributed by atoms with van der Waals surface area (Å²) in [7, 11) is 3.26. The second-order valence-corrected chi connectivity index (χ2v) is 9.40. The first-order valence-corrected chi connectivity index (χ1v) is 13.1. The molecular weight excluding hydrogens is 484 g/mol. The third-order valence-electron chi connectivity index (χ3n) is 6.28. The lowest BCUT2D eigenvalue weighted by Crippen LogP contribution is -2.23. The van der Waals surface area contributed by atoms with E-state index in [4.69, 9.17) is 14.5 Å². The van der Waals surface area contributed by atoms with Crippen LogP contribution in [0.5, 0.6) is 11.5 Å². The van der Waals surface area contributed by atoms with Crippen LogP contribution >= 0.6 is 11.3 Å². The molecule has 0 saturated heterocycles. The maximum atomic E-state index is 12.9. The fourth-order valence-corrected chi connectivity index (χ4v) is 5.05. The van der Waals surface area contributed by atoms with Crippen LogP contribution in [0.2, 0.25) is 0 Å². The van der Waals surface area contributed by atoms with E-state index in [1.807, 2.05) is 43.5 Å². The van der Waals surface area contributed by atoms with E-state index in [0.717, 1.165) is 51.8 Å². The molecule has 4 aromatic rings. The zero-order valence-corrected chi connectivity index (χ0v) is 22.5. The van der Waals surface area contributed by atoms with E-state index < -0.39 is 0 Å². The Morgan fingerprint density at radius 3 is 2.70 bits per heavy atom. The maximum absolute atomic E-state index is 12.9. The molecule has 0 atom stereocenters. The monoisotopic (exact) mass is 516 g/mol. The summed E-state index contributed by atoms with van der Waals surface area (Å²) >= 11 is 1.59. The van der Waals surface area contributed by atoms with Gasteiger partial charge in [0.2, 0.25) is 0 Å². The lowest BCUT2D eigenvalue weighted by atomic mass is 10.1. The molecule has 1 N–H and O–H groups in total. The van der Waals surface area contributed by atoms with E-state index in [1.165, 1.54) is 0 Å². The molecule has 0 radical (unpaired) electrons. The Balaban J connectivity index is 1.69. The molecule has 0 aliphatic carbocycles. The van der Waals surface area contributed by atoms with Crippen LogP contribution in [0.1, 0.15) is 34.2 Å². The normalized spacial score (nSPS) is 10.8. The molecule has 0 aliphatic rings. The van der Waals surface area contributed by atoms with Gasteiger partial charge in [0.25, 0.3) is 5.91 Å². The highest BCUT2D eigenvalue weighted by molar-refractivity contribution is 7.13. The molecule has 0 unspecified atom stereocenters. The van der Waals surface area contributed by atoms with Crippen LogP contribution < -0.4 is 14.8 Å². The first-order chi connectivity index (χ1) is 18.0. The van der Waals surface area contributed by atoms with E-state index in [9.17, 15) is 4.79 Å². The van der Waals surface area contributed by atoms with Gasteiger partial charge in [0.05, 0.1) is 31.2 Å². The van der Waals surface area contributed by atoms with Gasteiger partial charge < -0.3 is 19.4 Å². The molecule has 1 amide bonds. The maximum Gasteiger partial charge on any atom is 0.253 e. The molecule has 0 saturated carbocycles. The van der Waals surface area contributed by atoms with Crippen LogP contribution in [0.15, 0.2) is 60.6 Å². The number of aromatic nitrogens is 3. The molecule has 8 heteroatoms. The second-order valence-electron chi connectivity index (χ2n) is 8.55. The number of amides is 1. The second kappa shape index (κ2) is 11.9. The summed E-state index contributed by atoms with van der Waals surface area (Å²) in [5.74, 6) is 1.27. The lowest BCUT2D eigenvalue weighted by molar-refractivity contribution is 0.0957. The van der Waals surface area contributed by atoms with E-state index in [2.05, 4.69) is 39.8 Å². The van der Waals surface area contributed by atoms with E-state index in [0.29, 0.717) is 30.2 Å². The number of ether oxygens (including phenoxy) is 2. The molecule has 0 fully saturated rings. The molecule has 3 heterocycles. The summed E-state index contributed by atoms with van der Waals surface area (Å²) in [5, 5.41) is 5.88. The number of carbonyl (C=O) groups is 1. The van der Waals surface area contributed by atoms with Crippen molar-refractivity contribution >= 4 is 17.2 Å². The Bertz CT molecular complexity index is 1410. The van der Waals surface area contributed by atoms with Gasteiger partial charge in [0.1, 0.15) is 5.01 Å². The smallest absolute Gasteiger partial charge is 0.253 e. The van der Waals surface area contributed by atoms with Crippen LogP contribution in [0.4, 0.5) is 0 Å². The SMILES string of the molecule is C=CCNC(=O)c1cc(-c2csc(-c3ccnc(CC)c3)n2)n(CCc2ccc(OC)c(OC)c2)c1C. The van der Waals surface area contributed by atoms with Crippen molar-refractivity contribution in [3.05, 3.63) is 83.1 Å². The van der Waals surface area contributed by atoms with Crippen LogP contribution in [0.3, 0.4) is 0 Å². The highest BCUT2D eigenvalue weighted by Gasteiger charge is 2.20. The van der Waals surface area contributed by atoms with Crippen LogP contribution in [0, 0.1) is 6.92 Å². The minimum Gasteiger partial charge on any atom is -0.493 e. The topological polar surface area (TPSA) is 78.3 Å². The number of hydrogen-bond acceptors (Lipinski definition) is 6. The zero-order chi connectivity index (χ0) is 26.4. The molecule has 0 bridgehead atoms. The van der Waals surface area contributed by atoms with E-state index >= 15 is 0 Å². The van der Waals surface area contributed by atoms with Crippen molar-refractivity contribution in [2.45, 2.75) is 33.2 Å². The van der Waals surface area contributed by atoms with Crippen molar-refractivity contribution in [1.29, 1.82) is 0 Å². The van der Waals surface area contributed by atoms with Gasteiger partial charge >= 0.3 is 0 Å². The molecule has 0 spiro atoms. The number of carbonyl (C=O) groups excluding carboxylic acids is 1. The van der Waals surface area contributed by atoms with Gasteiger partial charge in [0.15, 0.2) is 11.5 Å². The zero-order valence-electron chi connectivity index (χ0n) is 21.7. The minimum atomic E-state index is -0.124. The van der Waals surface area contributed by atoms with Gasteiger partial charge in [-0.05, 0) is 55.7 Å². The molecule has 7 nitrogen and oxygen atoms in total. The van der Waals surface area contributed by atoms with Crippen LogP contribution in [-0.2, 0) is 19.4 Å². The Morgan fingerprint density at radius 1 is 1.16 bits per heavy atom. The third-order valence-corrected chi connectivity index (χ3v) is 7.17. The molecule has 4 rings (SSSR count). The number of nitrogens with zero attached hydrogens (tertiary/aromatic N) is 3. The first-order valence-electron chi connectivity index (χ1n) is 12.2. The van der Waals surface area contributed by atoms with Crippen LogP contribution in [0.25, 0.3) is 22.0 Å². The fourth-order valence-electron chi connectivity index (χ4n) is 4.24. The molecular formula is C29H32N4O3S. The van der Waals surface area contributed by atoms with E-state index in [-0.39, 0.29) is 5.91 Å². The predicted octanol–water partition coefficient (Wildman–Crippen LogP) is 5.72. The summed E-state index contributed by atoms with van der Waals surface area (Å²) in [6, 6.07) is 11.9. The summed E-state index contributed by atoms with van der Waals surface area (Å²) in [5.41, 5.74) is 6.47. The summed E-state index contributed by atoms with van der Waals surface area (Å²) in [6.07, 6.45) is 5.12. The number of nitrogens with one attached hydrogen (secondary N) is 1.